The first-order valence-electron chi connectivity index (χ1n) is 8.70. The molecule has 0 aromatic heterocycles. The van der Waals surface area contributed by atoms with E-state index in [2.05, 4.69) is 10.6 Å². The van der Waals surface area contributed by atoms with Crippen molar-refractivity contribution in [1.29, 1.82) is 0 Å². The van der Waals surface area contributed by atoms with Crippen molar-refractivity contribution in [3.63, 3.8) is 0 Å². The lowest BCUT2D eigenvalue weighted by Gasteiger charge is -2.30. The van der Waals surface area contributed by atoms with Crippen molar-refractivity contribution >= 4 is 11.8 Å². The lowest BCUT2D eigenvalue weighted by Crippen LogP contribution is -2.60. The summed E-state index contributed by atoms with van der Waals surface area (Å²) in [5, 5.41) is 14.8. The van der Waals surface area contributed by atoms with Gasteiger partial charge in [-0.2, -0.15) is 0 Å². The third-order valence-electron chi connectivity index (χ3n) is 4.32. The fourth-order valence-electron chi connectivity index (χ4n) is 2.66. The molecule has 2 atom stereocenters. The first-order chi connectivity index (χ1) is 13.2. The Labute approximate surface area is 161 Å². The third-order valence-corrected chi connectivity index (χ3v) is 4.32. The van der Waals surface area contributed by atoms with E-state index in [1.165, 1.54) is 0 Å². The van der Waals surface area contributed by atoms with Crippen molar-refractivity contribution in [2.75, 3.05) is 13.1 Å². The van der Waals surface area contributed by atoms with Gasteiger partial charge in [0.2, 0.25) is 5.91 Å². The minimum atomic E-state index is -3.16. The summed E-state index contributed by atoms with van der Waals surface area (Å²) in [6.45, 7) is 0.861. The van der Waals surface area contributed by atoms with Crippen molar-refractivity contribution in [3.05, 3.63) is 60.2 Å². The van der Waals surface area contributed by atoms with Crippen LogP contribution in [0.25, 0.3) is 11.1 Å². The molecule has 2 rings (SSSR count). The average Bonchev–Trinajstić information content (AvgIpc) is 2.67. The van der Waals surface area contributed by atoms with Gasteiger partial charge in [0.1, 0.15) is 11.6 Å². The van der Waals surface area contributed by atoms with Gasteiger partial charge in [0.05, 0.1) is 0 Å². The fraction of sp³-hybridized carbons (Fsp3) is 0.300. The summed E-state index contributed by atoms with van der Waals surface area (Å²) < 4.78 is 25.7. The van der Waals surface area contributed by atoms with Crippen LogP contribution in [-0.4, -0.2) is 48.1 Å². The number of amides is 2. The summed E-state index contributed by atoms with van der Waals surface area (Å²) in [7, 11) is 0. The highest BCUT2D eigenvalue weighted by Crippen LogP contribution is 2.20. The molecule has 0 fully saturated rings. The highest BCUT2D eigenvalue weighted by molar-refractivity contribution is 5.94. The highest BCUT2D eigenvalue weighted by Gasteiger charge is 2.43. The van der Waals surface area contributed by atoms with E-state index in [0.29, 0.717) is 5.56 Å². The number of aliphatic hydroxyl groups is 1. The lowest BCUT2D eigenvalue weighted by molar-refractivity contribution is -0.140. The van der Waals surface area contributed by atoms with Crippen molar-refractivity contribution in [3.8, 4) is 11.1 Å². The molecule has 6 nitrogen and oxygen atoms in total. The number of alkyl halides is 2. The maximum atomic E-state index is 12.9. The van der Waals surface area contributed by atoms with Crippen LogP contribution < -0.4 is 16.4 Å². The third kappa shape index (κ3) is 5.34. The van der Waals surface area contributed by atoms with Crippen LogP contribution in [0.2, 0.25) is 0 Å². The van der Waals surface area contributed by atoms with Crippen LogP contribution >= 0.6 is 0 Å². The van der Waals surface area contributed by atoms with Crippen LogP contribution in [-0.2, 0) is 4.79 Å². The molecule has 150 valence electrons. The second kappa shape index (κ2) is 9.38. The molecule has 0 bridgehead atoms. The zero-order valence-corrected chi connectivity index (χ0v) is 15.4. The van der Waals surface area contributed by atoms with E-state index < -0.39 is 24.0 Å². The van der Waals surface area contributed by atoms with Gasteiger partial charge in [-0.1, -0.05) is 42.5 Å². The van der Waals surface area contributed by atoms with Crippen molar-refractivity contribution in [2.45, 2.75) is 25.0 Å². The molecule has 8 heteroatoms. The number of carbonyl (C=O) groups is 2. The summed E-state index contributed by atoms with van der Waals surface area (Å²) in [5.74, 6) is -1.45. The first-order valence-corrected chi connectivity index (χ1v) is 8.70. The quantitative estimate of drug-likeness (QED) is 0.487. The molecule has 0 heterocycles. The second-order valence-electron chi connectivity index (χ2n) is 6.52. The van der Waals surface area contributed by atoms with Gasteiger partial charge in [-0.05, 0) is 30.2 Å². The van der Waals surface area contributed by atoms with E-state index >= 15 is 0 Å². The summed E-state index contributed by atoms with van der Waals surface area (Å²) in [6, 6.07) is 15.1. The van der Waals surface area contributed by atoms with E-state index in [0.717, 1.165) is 18.1 Å². The number of nitrogens with two attached hydrogens (primary N) is 1. The number of hydrogen-bond donors (Lipinski definition) is 4. The monoisotopic (exact) mass is 391 g/mol. The first kappa shape index (κ1) is 21.5. The van der Waals surface area contributed by atoms with Crippen LogP contribution in [0.5, 0.6) is 0 Å². The average molecular weight is 391 g/mol. The molecule has 0 saturated carbocycles. The number of halogens is 2. The minimum absolute atomic E-state index is 0.0235. The number of nitrogens with one attached hydrogen (secondary N) is 2. The Kier molecular flexibility index (Phi) is 7.19. The standard InChI is InChI=1S/C20H23F2N3O3/c1-20(28,19(21)22)16(17(23)26)24-11-12-25-18(27)15-9-7-14(8-10-15)13-5-3-2-4-6-13/h2-10,16,19,24,28H,11-12H2,1H3,(H2,23,26)(H,25,27)/t16-,20+/m1/s1. The molecule has 0 aliphatic rings. The minimum Gasteiger partial charge on any atom is -0.382 e. The Balaban J connectivity index is 1.87. The predicted molar refractivity (Wildman–Crippen MR) is 102 cm³/mol. The molecular formula is C20H23F2N3O3. The second-order valence-corrected chi connectivity index (χ2v) is 6.52. The number of primary amides is 1. The van der Waals surface area contributed by atoms with Gasteiger partial charge in [0, 0.05) is 18.7 Å². The zero-order valence-electron chi connectivity index (χ0n) is 15.4. The molecule has 0 aliphatic heterocycles. The van der Waals surface area contributed by atoms with Gasteiger partial charge in [0.15, 0.2) is 0 Å². The molecule has 0 spiro atoms. The fourth-order valence-corrected chi connectivity index (χ4v) is 2.66. The Hall–Kier alpha value is -2.84. The molecule has 5 N–H and O–H groups in total. The Morgan fingerprint density at radius 3 is 2.14 bits per heavy atom. The highest BCUT2D eigenvalue weighted by atomic mass is 19.3. The molecule has 2 aromatic carbocycles. The Morgan fingerprint density at radius 2 is 1.61 bits per heavy atom. The van der Waals surface area contributed by atoms with Gasteiger partial charge >= 0.3 is 0 Å². The molecule has 0 aliphatic carbocycles. The van der Waals surface area contributed by atoms with Gasteiger partial charge in [-0.25, -0.2) is 8.78 Å². The normalized spacial score (nSPS) is 14.3. The molecule has 2 aromatic rings. The molecular weight excluding hydrogens is 368 g/mol. The topological polar surface area (TPSA) is 104 Å². The Morgan fingerprint density at radius 1 is 1.04 bits per heavy atom. The van der Waals surface area contributed by atoms with Crippen LogP contribution in [0.1, 0.15) is 17.3 Å². The molecule has 0 radical (unpaired) electrons. The van der Waals surface area contributed by atoms with E-state index in [9.17, 15) is 23.5 Å². The summed E-state index contributed by atoms with van der Waals surface area (Å²) in [4.78, 5) is 23.5. The van der Waals surface area contributed by atoms with Crippen molar-refractivity contribution in [1.82, 2.24) is 10.6 Å². The number of carbonyl (C=O) groups excluding carboxylic acids is 2. The predicted octanol–water partition coefficient (Wildman–Crippen LogP) is 1.54. The molecule has 0 saturated heterocycles. The largest absolute Gasteiger partial charge is 0.382 e. The van der Waals surface area contributed by atoms with Gasteiger partial charge < -0.3 is 21.5 Å². The van der Waals surface area contributed by atoms with E-state index in [4.69, 9.17) is 5.73 Å². The molecule has 28 heavy (non-hydrogen) atoms. The molecule has 2 amide bonds. The molecule has 0 unspecified atom stereocenters. The summed E-state index contributed by atoms with van der Waals surface area (Å²) >= 11 is 0. The lowest BCUT2D eigenvalue weighted by atomic mass is 9.96. The van der Waals surface area contributed by atoms with Crippen LogP contribution in [0.15, 0.2) is 54.6 Å². The van der Waals surface area contributed by atoms with E-state index in [1.54, 1.807) is 12.1 Å². The van der Waals surface area contributed by atoms with Crippen molar-refractivity contribution in [2.24, 2.45) is 5.73 Å². The van der Waals surface area contributed by atoms with Crippen LogP contribution in [0, 0.1) is 0 Å². The van der Waals surface area contributed by atoms with Gasteiger partial charge in [-0.15, -0.1) is 0 Å². The smallest absolute Gasteiger partial charge is 0.268 e. The van der Waals surface area contributed by atoms with Crippen molar-refractivity contribution < 1.29 is 23.5 Å². The maximum absolute atomic E-state index is 12.9. The summed E-state index contributed by atoms with van der Waals surface area (Å²) in [5.41, 5.74) is 4.90. The number of rotatable bonds is 9. The van der Waals surface area contributed by atoms with E-state index in [1.807, 2.05) is 42.5 Å². The van der Waals surface area contributed by atoms with Crippen LogP contribution in [0.3, 0.4) is 0 Å². The SMILES string of the molecule is C[C@@](O)(C(F)F)[C@H](NCCNC(=O)c1ccc(-c2ccccc2)cc1)C(N)=O. The number of benzene rings is 2. The van der Waals surface area contributed by atoms with Gasteiger partial charge in [0.25, 0.3) is 12.3 Å². The zero-order chi connectivity index (χ0) is 20.7. The van der Waals surface area contributed by atoms with E-state index in [-0.39, 0.29) is 19.0 Å². The summed E-state index contributed by atoms with van der Waals surface area (Å²) in [6.07, 6.45) is -3.16. The Bertz CT molecular complexity index is 796. The van der Waals surface area contributed by atoms with Crippen LogP contribution in [0.4, 0.5) is 8.78 Å². The van der Waals surface area contributed by atoms with Gasteiger partial charge in [-0.3, -0.25) is 9.59 Å². The number of hydrogen-bond acceptors (Lipinski definition) is 4. The maximum Gasteiger partial charge on any atom is 0.268 e.